The Bertz CT molecular complexity index is 656. The number of carboxylic acids is 1. The van der Waals surface area contributed by atoms with Crippen molar-refractivity contribution >= 4 is 33.1 Å². The first-order chi connectivity index (χ1) is 9.76. The number of sulfone groups is 1. The first-order valence-corrected chi connectivity index (χ1v) is 9.27. The van der Waals surface area contributed by atoms with Crippen molar-refractivity contribution < 1.29 is 23.1 Å². The molecule has 0 unspecified atom stereocenters. The van der Waals surface area contributed by atoms with Gasteiger partial charge in [0.15, 0.2) is 9.84 Å². The largest absolute Gasteiger partial charge is 0.477 e. The smallest absolute Gasteiger partial charge is 0.345 e. The predicted molar refractivity (Wildman–Crippen MR) is 79.2 cm³/mol. The molecule has 1 aromatic rings. The zero-order valence-corrected chi connectivity index (χ0v) is 13.2. The van der Waals surface area contributed by atoms with Gasteiger partial charge in [0, 0.05) is 11.1 Å². The van der Waals surface area contributed by atoms with Crippen LogP contribution in [0.2, 0.25) is 0 Å². The predicted octanol–water partition coefficient (Wildman–Crippen LogP) is 1.42. The number of amides is 1. The van der Waals surface area contributed by atoms with E-state index in [0.29, 0.717) is 17.7 Å². The zero-order valence-electron chi connectivity index (χ0n) is 11.6. The Morgan fingerprint density at radius 1 is 1.33 bits per heavy atom. The van der Waals surface area contributed by atoms with Gasteiger partial charge in [-0.25, -0.2) is 13.2 Å². The molecule has 116 valence electrons. The molecule has 0 spiro atoms. The minimum atomic E-state index is -3.48. The van der Waals surface area contributed by atoms with E-state index in [-0.39, 0.29) is 11.4 Å². The Balaban J connectivity index is 2.08. The molecular weight excluding hydrogens is 314 g/mol. The van der Waals surface area contributed by atoms with Crippen molar-refractivity contribution in [2.24, 2.45) is 0 Å². The van der Waals surface area contributed by atoms with E-state index >= 15 is 0 Å². The van der Waals surface area contributed by atoms with E-state index in [4.69, 9.17) is 5.11 Å². The lowest BCUT2D eigenvalue weighted by Crippen LogP contribution is -2.49. The van der Waals surface area contributed by atoms with Gasteiger partial charge < -0.3 is 10.4 Å². The second kappa shape index (κ2) is 5.76. The van der Waals surface area contributed by atoms with Crippen LogP contribution in [0.5, 0.6) is 0 Å². The summed E-state index contributed by atoms with van der Waals surface area (Å²) in [5.41, 5.74) is 0. The molecule has 6 nitrogen and oxygen atoms in total. The number of carbonyl (C=O) groups is 2. The van der Waals surface area contributed by atoms with Gasteiger partial charge in [0.05, 0.1) is 6.54 Å². The molecule has 0 bridgehead atoms. The van der Waals surface area contributed by atoms with Crippen LogP contribution in [0.3, 0.4) is 0 Å². The third-order valence-corrected chi connectivity index (χ3v) is 6.92. The fourth-order valence-electron chi connectivity index (χ4n) is 2.63. The summed E-state index contributed by atoms with van der Waals surface area (Å²) in [6.07, 6.45) is 3.25. The Kier molecular flexibility index (Phi) is 4.38. The van der Waals surface area contributed by atoms with E-state index < -0.39 is 26.5 Å². The van der Waals surface area contributed by atoms with Gasteiger partial charge >= 0.3 is 5.97 Å². The number of rotatable bonds is 5. The van der Waals surface area contributed by atoms with Crippen LogP contribution in [0, 0.1) is 0 Å². The molecule has 1 aromatic heterocycles. The normalized spacial score (nSPS) is 17.6. The molecule has 1 fully saturated rings. The fourth-order valence-corrected chi connectivity index (χ4v) is 4.85. The van der Waals surface area contributed by atoms with Gasteiger partial charge in [0.1, 0.15) is 9.62 Å². The molecule has 21 heavy (non-hydrogen) atoms. The van der Waals surface area contributed by atoms with Crippen LogP contribution in [-0.2, 0) is 21.2 Å². The number of thiophene rings is 1. The molecule has 0 saturated heterocycles. The third kappa shape index (κ3) is 3.11. The Morgan fingerprint density at radius 2 is 1.95 bits per heavy atom. The summed E-state index contributed by atoms with van der Waals surface area (Å²) in [7, 11) is -3.48. The third-order valence-electron chi connectivity index (χ3n) is 3.83. The van der Waals surface area contributed by atoms with Crippen LogP contribution >= 0.6 is 11.3 Å². The minimum absolute atomic E-state index is 0.147. The molecule has 0 aromatic carbocycles. The van der Waals surface area contributed by atoms with Gasteiger partial charge in [-0.2, -0.15) is 0 Å². The Hall–Kier alpha value is -1.41. The van der Waals surface area contributed by atoms with Crippen molar-refractivity contribution in [2.75, 3.05) is 6.26 Å². The quantitative estimate of drug-likeness (QED) is 0.850. The zero-order chi connectivity index (χ0) is 15.7. The highest BCUT2D eigenvalue weighted by Crippen LogP contribution is 2.36. The Morgan fingerprint density at radius 3 is 2.43 bits per heavy atom. The van der Waals surface area contributed by atoms with Crippen LogP contribution in [0.4, 0.5) is 0 Å². The van der Waals surface area contributed by atoms with Crippen molar-refractivity contribution in [2.45, 2.75) is 37.0 Å². The standard InChI is InChI=1S/C13H17NO5S2/c1-21(18,19)13(6-2-3-7-13)12(17)14-8-9-4-5-10(20-9)11(15)16/h4-5H,2-3,6-8H2,1H3,(H,14,17)(H,15,16). The number of hydrogen-bond donors (Lipinski definition) is 2. The highest BCUT2D eigenvalue weighted by Gasteiger charge is 2.49. The first-order valence-electron chi connectivity index (χ1n) is 6.56. The Labute approximate surface area is 127 Å². The number of aromatic carboxylic acids is 1. The number of hydrogen-bond acceptors (Lipinski definition) is 5. The maximum Gasteiger partial charge on any atom is 0.345 e. The van der Waals surface area contributed by atoms with Gasteiger partial charge in [-0.3, -0.25) is 4.79 Å². The van der Waals surface area contributed by atoms with Gasteiger partial charge in [0.25, 0.3) is 0 Å². The number of carbonyl (C=O) groups excluding carboxylic acids is 1. The average molecular weight is 331 g/mol. The second-order valence-corrected chi connectivity index (χ2v) is 8.72. The maximum absolute atomic E-state index is 12.3. The first kappa shape index (κ1) is 16.0. The highest BCUT2D eigenvalue weighted by molar-refractivity contribution is 7.92. The van der Waals surface area contributed by atoms with Crippen molar-refractivity contribution in [1.29, 1.82) is 0 Å². The maximum atomic E-state index is 12.3. The summed E-state index contributed by atoms with van der Waals surface area (Å²) in [5.74, 6) is -1.49. The topological polar surface area (TPSA) is 101 Å². The molecule has 0 atom stereocenters. The van der Waals surface area contributed by atoms with Crippen LogP contribution in [0.25, 0.3) is 0 Å². The van der Waals surface area contributed by atoms with Crippen molar-refractivity contribution in [1.82, 2.24) is 5.32 Å². The molecule has 0 radical (unpaired) electrons. The molecule has 8 heteroatoms. The molecule has 1 aliphatic rings. The molecule has 2 rings (SSSR count). The lowest BCUT2D eigenvalue weighted by Gasteiger charge is -2.25. The van der Waals surface area contributed by atoms with Crippen molar-refractivity contribution in [3.8, 4) is 0 Å². The molecule has 2 N–H and O–H groups in total. The van der Waals surface area contributed by atoms with Crippen LogP contribution in [0.15, 0.2) is 12.1 Å². The average Bonchev–Trinajstić information content (AvgIpc) is 3.04. The minimum Gasteiger partial charge on any atom is -0.477 e. The number of carboxylic acid groups (broad SMARTS) is 1. The summed E-state index contributed by atoms with van der Waals surface area (Å²) in [6.45, 7) is 0.147. The van der Waals surface area contributed by atoms with Crippen LogP contribution in [-0.4, -0.2) is 36.4 Å². The highest BCUT2D eigenvalue weighted by atomic mass is 32.2. The molecule has 1 saturated carbocycles. The summed E-state index contributed by atoms with van der Waals surface area (Å²) in [5, 5.41) is 11.5. The van der Waals surface area contributed by atoms with E-state index in [2.05, 4.69) is 5.32 Å². The van der Waals surface area contributed by atoms with Crippen LogP contribution < -0.4 is 5.32 Å². The van der Waals surface area contributed by atoms with E-state index in [1.165, 1.54) is 6.07 Å². The van der Waals surface area contributed by atoms with E-state index in [0.717, 1.165) is 30.4 Å². The lowest BCUT2D eigenvalue weighted by atomic mass is 10.1. The molecule has 0 aliphatic heterocycles. The molecule has 1 aliphatic carbocycles. The number of nitrogens with one attached hydrogen (secondary N) is 1. The van der Waals surface area contributed by atoms with Gasteiger partial charge in [0.2, 0.25) is 5.91 Å². The van der Waals surface area contributed by atoms with E-state index in [1.807, 2.05) is 0 Å². The fraction of sp³-hybridized carbons (Fsp3) is 0.538. The van der Waals surface area contributed by atoms with Gasteiger partial charge in [-0.05, 0) is 25.0 Å². The summed E-state index contributed by atoms with van der Waals surface area (Å²) in [6, 6.07) is 3.09. The lowest BCUT2D eigenvalue weighted by molar-refractivity contribution is -0.123. The second-order valence-electron chi connectivity index (χ2n) is 5.23. The van der Waals surface area contributed by atoms with Crippen molar-refractivity contribution in [3.05, 3.63) is 21.9 Å². The summed E-state index contributed by atoms with van der Waals surface area (Å²) in [4.78, 5) is 24.0. The van der Waals surface area contributed by atoms with E-state index in [1.54, 1.807) is 6.07 Å². The summed E-state index contributed by atoms with van der Waals surface area (Å²) < 4.78 is 22.6. The monoisotopic (exact) mass is 331 g/mol. The van der Waals surface area contributed by atoms with Gasteiger partial charge in [-0.15, -0.1) is 11.3 Å². The molecule has 1 amide bonds. The van der Waals surface area contributed by atoms with Crippen molar-refractivity contribution in [3.63, 3.8) is 0 Å². The SMILES string of the molecule is CS(=O)(=O)C1(C(=O)NCc2ccc(C(=O)O)s2)CCCC1. The molecule has 1 heterocycles. The van der Waals surface area contributed by atoms with Gasteiger partial charge in [-0.1, -0.05) is 12.8 Å². The molecular formula is C13H17NO5S2. The van der Waals surface area contributed by atoms with E-state index in [9.17, 15) is 18.0 Å². The van der Waals surface area contributed by atoms with Crippen LogP contribution in [0.1, 0.15) is 40.2 Å². The summed E-state index contributed by atoms with van der Waals surface area (Å²) >= 11 is 1.07.